The van der Waals surface area contributed by atoms with Gasteiger partial charge in [0.15, 0.2) is 0 Å². The number of allylic oxidation sites excluding steroid dienone is 1. The predicted molar refractivity (Wildman–Crippen MR) is 143 cm³/mol. The number of benzene rings is 3. The minimum Gasteiger partial charge on any atom is -0.490 e. The van der Waals surface area contributed by atoms with Gasteiger partial charge in [-0.05, 0) is 35.8 Å². The Morgan fingerprint density at radius 1 is 0.882 bits per heavy atom. The maximum Gasteiger partial charge on any atom is 0.266 e. The summed E-state index contributed by atoms with van der Waals surface area (Å²) in [6.45, 7) is 5.04. The van der Waals surface area contributed by atoms with Crippen molar-refractivity contribution in [2.45, 2.75) is 13.0 Å². The summed E-state index contributed by atoms with van der Waals surface area (Å²) in [4.78, 5) is 15.2. The first-order valence-corrected chi connectivity index (χ1v) is 12.2. The Labute approximate surface area is 209 Å². The Hall–Kier alpha value is -3.35. The molecule has 1 aliphatic heterocycles. The zero-order chi connectivity index (χ0) is 23.8. The van der Waals surface area contributed by atoms with Gasteiger partial charge in [0.2, 0.25) is 0 Å². The lowest BCUT2D eigenvalue weighted by Crippen LogP contribution is -2.27. The molecule has 3 aromatic carbocycles. The molecular formula is C28H25NO3S2. The monoisotopic (exact) mass is 487 g/mol. The largest absolute Gasteiger partial charge is 0.490 e. The standard InChI is InChI=1S/C28H25NO3S2/c1-2-10-22-13-6-8-15-24(22)31-17-18-32-25-16-9-7-14-23(25)19-26-27(30)29(28(33)34-26)20-21-11-4-3-5-12-21/h2-9,11-16,19H,1,10,17-18,20H2/b26-19-. The fourth-order valence-electron chi connectivity index (χ4n) is 3.55. The van der Waals surface area contributed by atoms with Gasteiger partial charge in [-0.2, -0.15) is 0 Å². The fraction of sp³-hybridized carbons (Fsp3) is 0.143. The number of hydrogen-bond acceptors (Lipinski definition) is 5. The van der Waals surface area contributed by atoms with Gasteiger partial charge in [0.1, 0.15) is 29.0 Å². The van der Waals surface area contributed by atoms with Crippen LogP contribution in [0.5, 0.6) is 11.5 Å². The van der Waals surface area contributed by atoms with E-state index in [1.807, 2.05) is 91.0 Å². The average molecular weight is 488 g/mol. The Morgan fingerprint density at radius 2 is 1.53 bits per heavy atom. The topological polar surface area (TPSA) is 38.8 Å². The van der Waals surface area contributed by atoms with Crippen molar-refractivity contribution in [2.75, 3.05) is 13.2 Å². The summed E-state index contributed by atoms with van der Waals surface area (Å²) < 4.78 is 12.5. The highest BCUT2D eigenvalue weighted by Gasteiger charge is 2.32. The molecule has 0 spiro atoms. The molecule has 0 N–H and O–H groups in total. The van der Waals surface area contributed by atoms with Gasteiger partial charge in [-0.15, -0.1) is 6.58 Å². The second-order valence-electron chi connectivity index (χ2n) is 7.59. The number of amides is 1. The van der Waals surface area contributed by atoms with E-state index in [9.17, 15) is 4.79 Å². The molecule has 1 heterocycles. The molecule has 6 heteroatoms. The first-order valence-electron chi connectivity index (χ1n) is 11.0. The minimum absolute atomic E-state index is 0.0872. The van der Waals surface area contributed by atoms with E-state index in [0.29, 0.717) is 34.7 Å². The van der Waals surface area contributed by atoms with Crippen LogP contribution in [0.1, 0.15) is 16.7 Å². The van der Waals surface area contributed by atoms with Crippen LogP contribution < -0.4 is 9.47 Å². The summed E-state index contributed by atoms with van der Waals surface area (Å²) in [6, 6.07) is 25.4. The number of hydrogen-bond donors (Lipinski definition) is 0. The normalized spacial score (nSPS) is 14.5. The molecule has 0 saturated carbocycles. The molecule has 0 bridgehead atoms. The predicted octanol–water partition coefficient (Wildman–Crippen LogP) is 6.27. The quantitative estimate of drug-likeness (QED) is 0.146. The number of para-hydroxylation sites is 2. The van der Waals surface area contributed by atoms with Gasteiger partial charge in [-0.3, -0.25) is 9.69 Å². The van der Waals surface area contributed by atoms with Gasteiger partial charge >= 0.3 is 0 Å². The highest BCUT2D eigenvalue weighted by atomic mass is 32.2. The Morgan fingerprint density at radius 3 is 2.29 bits per heavy atom. The second kappa shape index (κ2) is 11.7. The lowest BCUT2D eigenvalue weighted by Gasteiger charge is -2.14. The maximum absolute atomic E-state index is 13.0. The number of thioether (sulfide) groups is 1. The SMILES string of the molecule is C=CCc1ccccc1OCCOc1ccccc1/C=C1\SC(=S)N(Cc2ccccc2)C1=O. The van der Waals surface area contributed by atoms with E-state index in [0.717, 1.165) is 28.9 Å². The zero-order valence-electron chi connectivity index (χ0n) is 18.7. The van der Waals surface area contributed by atoms with E-state index in [4.69, 9.17) is 21.7 Å². The molecule has 1 fully saturated rings. The molecule has 172 valence electrons. The summed E-state index contributed by atoms with van der Waals surface area (Å²) >= 11 is 6.79. The number of carbonyl (C=O) groups excluding carboxylic acids is 1. The van der Waals surface area contributed by atoms with Gasteiger partial charge in [0, 0.05) is 5.56 Å². The van der Waals surface area contributed by atoms with Gasteiger partial charge in [-0.25, -0.2) is 0 Å². The first kappa shape index (κ1) is 23.8. The molecule has 0 atom stereocenters. The zero-order valence-corrected chi connectivity index (χ0v) is 20.3. The third-order valence-electron chi connectivity index (χ3n) is 5.20. The summed E-state index contributed by atoms with van der Waals surface area (Å²) in [5.74, 6) is 1.44. The maximum atomic E-state index is 13.0. The van der Waals surface area contributed by atoms with Gasteiger partial charge < -0.3 is 9.47 Å². The molecule has 1 aliphatic rings. The van der Waals surface area contributed by atoms with Gasteiger partial charge in [0.05, 0.1) is 11.4 Å². The number of nitrogens with zero attached hydrogens (tertiary/aromatic N) is 1. The first-order chi connectivity index (χ1) is 16.7. The van der Waals surface area contributed by atoms with Crippen molar-refractivity contribution in [2.24, 2.45) is 0 Å². The van der Waals surface area contributed by atoms with Crippen molar-refractivity contribution in [3.8, 4) is 11.5 Å². The van der Waals surface area contributed by atoms with E-state index in [2.05, 4.69) is 6.58 Å². The van der Waals surface area contributed by atoms with Crippen LogP contribution in [0, 0.1) is 0 Å². The molecule has 4 nitrogen and oxygen atoms in total. The molecule has 0 radical (unpaired) electrons. The molecule has 1 saturated heterocycles. The average Bonchev–Trinajstić information content (AvgIpc) is 3.12. The number of ether oxygens (including phenoxy) is 2. The lowest BCUT2D eigenvalue weighted by atomic mass is 10.1. The molecule has 0 unspecified atom stereocenters. The Balaban J connectivity index is 1.40. The van der Waals surface area contributed by atoms with E-state index >= 15 is 0 Å². The smallest absolute Gasteiger partial charge is 0.266 e. The Bertz CT molecular complexity index is 1210. The summed E-state index contributed by atoms with van der Waals surface area (Å²) in [5.41, 5.74) is 2.96. The number of thiocarbonyl (C=S) groups is 1. The Kier molecular flexibility index (Phi) is 8.17. The summed E-state index contributed by atoms with van der Waals surface area (Å²) in [6.07, 6.45) is 4.46. The molecule has 34 heavy (non-hydrogen) atoms. The van der Waals surface area contributed by atoms with Gasteiger partial charge in [0.25, 0.3) is 5.91 Å². The van der Waals surface area contributed by atoms with Crippen LogP contribution >= 0.6 is 24.0 Å². The fourth-order valence-corrected chi connectivity index (χ4v) is 4.79. The highest BCUT2D eigenvalue weighted by molar-refractivity contribution is 8.26. The minimum atomic E-state index is -0.0872. The van der Waals surface area contributed by atoms with Crippen LogP contribution in [0.3, 0.4) is 0 Å². The van der Waals surface area contributed by atoms with Crippen molar-refractivity contribution < 1.29 is 14.3 Å². The molecule has 0 aromatic heterocycles. The van der Waals surface area contributed by atoms with Crippen molar-refractivity contribution in [1.82, 2.24) is 4.90 Å². The van der Waals surface area contributed by atoms with E-state index < -0.39 is 0 Å². The van der Waals surface area contributed by atoms with Crippen molar-refractivity contribution in [1.29, 1.82) is 0 Å². The summed E-state index contributed by atoms with van der Waals surface area (Å²) in [7, 11) is 0. The molecule has 1 amide bonds. The van der Waals surface area contributed by atoms with Crippen LogP contribution in [0.25, 0.3) is 6.08 Å². The number of rotatable bonds is 10. The molecule has 3 aromatic rings. The molecule has 4 rings (SSSR count). The number of carbonyl (C=O) groups is 1. The van der Waals surface area contributed by atoms with Crippen LogP contribution in [0.4, 0.5) is 0 Å². The van der Waals surface area contributed by atoms with Crippen molar-refractivity contribution >= 4 is 40.3 Å². The van der Waals surface area contributed by atoms with Crippen LogP contribution in [0.2, 0.25) is 0 Å². The third-order valence-corrected chi connectivity index (χ3v) is 6.58. The van der Waals surface area contributed by atoms with Crippen molar-refractivity contribution in [3.05, 3.63) is 113 Å². The molecule has 0 aliphatic carbocycles. The van der Waals surface area contributed by atoms with Crippen molar-refractivity contribution in [3.63, 3.8) is 0 Å². The van der Waals surface area contributed by atoms with Gasteiger partial charge in [-0.1, -0.05) is 96.8 Å². The lowest BCUT2D eigenvalue weighted by molar-refractivity contribution is -0.122. The molecular weight excluding hydrogens is 462 g/mol. The third kappa shape index (κ3) is 5.95. The van der Waals surface area contributed by atoms with Crippen LogP contribution in [0.15, 0.2) is 96.4 Å². The van der Waals surface area contributed by atoms with Crippen LogP contribution in [-0.4, -0.2) is 28.3 Å². The van der Waals surface area contributed by atoms with E-state index in [1.54, 1.807) is 4.90 Å². The summed E-state index contributed by atoms with van der Waals surface area (Å²) in [5, 5.41) is 0. The highest BCUT2D eigenvalue weighted by Crippen LogP contribution is 2.35. The van der Waals surface area contributed by atoms with Crippen LogP contribution in [-0.2, 0) is 17.8 Å². The van der Waals surface area contributed by atoms with E-state index in [-0.39, 0.29) is 5.91 Å². The second-order valence-corrected chi connectivity index (χ2v) is 9.26. The van der Waals surface area contributed by atoms with E-state index in [1.165, 1.54) is 11.8 Å².